The number of carbonyl (C=O) groups is 2. The fourth-order valence-electron chi connectivity index (χ4n) is 2.50. The van der Waals surface area contributed by atoms with Gasteiger partial charge in [0.25, 0.3) is 0 Å². The van der Waals surface area contributed by atoms with E-state index in [-0.39, 0.29) is 23.3 Å². The van der Waals surface area contributed by atoms with Crippen LogP contribution in [-0.4, -0.2) is 28.5 Å². The molecule has 0 aliphatic heterocycles. The molecule has 0 fully saturated rings. The number of carbonyl (C=O) groups excluding carboxylic acids is 1. The van der Waals surface area contributed by atoms with Crippen LogP contribution in [0.4, 0.5) is 0 Å². The lowest BCUT2D eigenvalue weighted by atomic mass is 10.1. The number of methoxy groups -OCH3 is 1. The molecule has 122 valence electrons. The summed E-state index contributed by atoms with van der Waals surface area (Å²) in [4.78, 5) is 23.8. The van der Waals surface area contributed by atoms with Gasteiger partial charge in [0, 0.05) is 17.3 Å². The highest BCUT2D eigenvalue weighted by Gasteiger charge is 2.23. The number of carboxylic acids is 1. The Hall–Kier alpha value is -2.27. The van der Waals surface area contributed by atoms with Crippen LogP contribution in [0.25, 0.3) is 0 Å². The molecule has 1 heterocycles. The SMILES string of the molecule is COc1ccc(C(=O)c2cc(Cl)c(CC(=O)O)n2C(C)C)cc1. The third-order valence-corrected chi connectivity index (χ3v) is 3.84. The van der Waals surface area contributed by atoms with Gasteiger partial charge in [-0.2, -0.15) is 0 Å². The Morgan fingerprint density at radius 3 is 2.35 bits per heavy atom. The average molecular weight is 336 g/mol. The molecule has 2 rings (SSSR count). The molecule has 0 radical (unpaired) electrons. The quantitative estimate of drug-likeness (QED) is 0.819. The summed E-state index contributed by atoms with van der Waals surface area (Å²) < 4.78 is 6.76. The summed E-state index contributed by atoms with van der Waals surface area (Å²) in [6.45, 7) is 3.76. The minimum Gasteiger partial charge on any atom is -0.497 e. The van der Waals surface area contributed by atoms with E-state index in [1.807, 2.05) is 13.8 Å². The van der Waals surface area contributed by atoms with Crippen molar-refractivity contribution in [1.82, 2.24) is 4.57 Å². The molecular weight excluding hydrogens is 318 g/mol. The number of hydrogen-bond donors (Lipinski definition) is 1. The largest absolute Gasteiger partial charge is 0.497 e. The van der Waals surface area contributed by atoms with Crippen LogP contribution < -0.4 is 4.74 Å². The maximum absolute atomic E-state index is 12.8. The Morgan fingerprint density at radius 1 is 1.26 bits per heavy atom. The standard InChI is InChI=1S/C17H18ClNO4/c1-10(2)19-14(9-16(20)21)13(18)8-15(19)17(22)11-4-6-12(23-3)7-5-11/h4-8,10H,9H2,1-3H3,(H,20,21). The molecule has 5 nitrogen and oxygen atoms in total. The van der Waals surface area contributed by atoms with Crippen molar-refractivity contribution in [2.75, 3.05) is 7.11 Å². The van der Waals surface area contributed by atoms with E-state index in [1.54, 1.807) is 35.9 Å². The zero-order chi connectivity index (χ0) is 17.1. The molecule has 0 saturated carbocycles. The molecule has 0 amide bonds. The Bertz CT molecular complexity index is 732. The fraction of sp³-hybridized carbons (Fsp3) is 0.294. The maximum atomic E-state index is 12.8. The summed E-state index contributed by atoms with van der Waals surface area (Å²) in [6.07, 6.45) is -0.229. The van der Waals surface area contributed by atoms with E-state index >= 15 is 0 Å². The molecule has 6 heteroatoms. The van der Waals surface area contributed by atoms with Crippen LogP contribution >= 0.6 is 11.6 Å². The van der Waals surface area contributed by atoms with Crippen LogP contribution in [0, 0.1) is 0 Å². The van der Waals surface area contributed by atoms with E-state index < -0.39 is 5.97 Å². The van der Waals surface area contributed by atoms with E-state index in [0.717, 1.165) is 0 Å². The number of aromatic nitrogens is 1. The van der Waals surface area contributed by atoms with Crippen LogP contribution in [-0.2, 0) is 11.2 Å². The highest BCUT2D eigenvalue weighted by molar-refractivity contribution is 6.32. The van der Waals surface area contributed by atoms with E-state index in [0.29, 0.717) is 22.7 Å². The molecule has 0 bridgehead atoms. The Labute approximate surface area is 139 Å². The number of benzene rings is 1. The van der Waals surface area contributed by atoms with Crippen LogP contribution in [0.2, 0.25) is 5.02 Å². The van der Waals surface area contributed by atoms with E-state index in [1.165, 1.54) is 6.07 Å². The second-order valence-corrected chi connectivity index (χ2v) is 5.82. The van der Waals surface area contributed by atoms with Gasteiger partial charge < -0.3 is 14.4 Å². The number of ether oxygens (including phenoxy) is 1. The summed E-state index contributed by atoms with van der Waals surface area (Å²) >= 11 is 6.16. The summed E-state index contributed by atoms with van der Waals surface area (Å²) in [6, 6.07) is 8.19. The van der Waals surface area contributed by atoms with Crippen molar-refractivity contribution in [2.45, 2.75) is 26.3 Å². The smallest absolute Gasteiger partial charge is 0.309 e. The molecule has 1 aromatic heterocycles. The summed E-state index contributed by atoms with van der Waals surface area (Å²) in [7, 11) is 1.55. The Balaban J connectivity index is 2.48. The highest BCUT2D eigenvalue weighted by Crippen LogP contribution is 2.28. The first-order valence-electron chi connectivity index (χ1n) is 7.15. The van der Waals surface area contributed by atoms with E-state index in [4.69, 9.17) is 21.4 Å². The van der Waals surface area contributed by atoms with Crippen molar-refractivity contribution in [3.05, 3.63) is 52.3 Å². The first-order chi connectivity index (χ1) is 10.8. The topological polar surface area (TPSA) is 68.5 Å². The molecule has 1 aromatic carbocycles. The monoisotopic (exact) mass is 335 g/mol. The highest BCUT2D eigenvalue weighted by atomic mass is 35.5. The van der Waals surface area contributed by atoms with Gasteiger partial charge in [0.1, 0.15) is 5.75 Å². The number of nitrogens with zero attached hydrogens (tertiary/aromatic N) is 1. The lowest BCUT2D eigenvalue weighted by molar-refractivity contribution is -0.136. The number of ketones is 1. The van der Waals surface area contributed by atoms with Crippen molar-refractivity contribution in [1.29, 1.82) is 0 Å². The van der Waals surface area contributed by atoms with Crippen molar-refractivity contribution in [3.8, 4) is 5.75 Å². The predicted octanol–water partition coefficient (Wildman–Crippen LogP) is 3.59. The van der Waals surface area contributed by atoms with Gasteiger partial charge in [-0.25, -0.2) is 0 Å². The van der Waals surface area contributed by atoms with Crippen molar-refractivity contribution in [2.24, 2.45) is 0 Å². The van der Waals surface area contributed by atoms with Gasteiger partial charge in [-0.1, -0.05) is 11.6 Å². The zero-order valence-electron chi connectivity index (χ0n) is 13.2. The molecule has 0 aliphatic rings. The average Bonchev–Trinajstić information content (AvgIpc) is 2.83. The van der Waals surface area contributed by atoms with Gasteiger partial charge in [0.2, 0.25) is 5.78 Å². The van der Waals surface area contributed by atoms with E-state index in [2.05, 4.69) is 0 Å². The fourth-order valence-corrected chi connectivity index (χ4v) is 2.76. The van der Waals surface area contributed by atoms with Gasteiger partial charge in [-0.3, -0.25) is 9.59 Å². The van der Waals surface area contributed by atoms with Crippen molar-refractivity contribution in [3.63, 3.8) is 0 Å². The second-order valence-electron chi connectivity index (χ2n) is 5.42. The Morgan fingerprint density at radius 2 is 1.87 bits per heavy atom. The van der Waals surface area contributed by atoms with Crippen LogP contribution in [0.5, 0.6) is 5.75 Å². The van der Waals surface area contributed by atoms with Gasteiger partial charge in [0.05, 0.1) is 24.2 Å². The minimum absolute atomic E-state index is 0.0888. The van der Waals surface area contributed by atoms with Gasteiger partial charge >= 0.3 is 5.97 Å². The first kappa shape index (κ1) is 17.1. The van der Waals surface area contributed by atoms with Gasteiger partial charge in [-0.05, 0) is 44.2 Å². The van der Waals surface area contributed by atoms with E-state index in [9.17, 15) is 9.59 Å². The zero-order valence-corrected chi connectivity index (χ0v) is 13.9. The third kappa shape index (κ3) is 3.56. The van der Waals surface area contributed by atoms with Crippen LogP contribution in [0.15, 0.2) is 30.3 Å². The molecule has 0 spiro atoms. The van der Waals surface area contributed by atoms with Gasteiger partial charge in [-0.15, -0.1) is 0 Å². The molecule has 0 aliphatic carbocycles. The molecule has 23 heavy (non-hydrogen) atoms. The third-order valence-electron chi connectivity index (χ3n) is 3.51. The maximum Gasteiger partial charge on any atom is 0.309 e. The number of carboxylic acid groups (broad SMARTS) is 1. The molecule has 2 aromatic rings. The Kier molecular flexibility index (Phi) is 5.11. The first-order valence-corrected chi connectivity index (χ1v) is 7.53. The van der Waals surface area contributed by atoms with Gasteiger partial charge in [0.15, 0.2) is 0 Å². The number of rotatable bonds is 6. The van der Waals surface area contributed by atoms with Crippen molar-refractivity contribution < 1.29 is 19.4 Å². The molecule has 0 unspecified atom stereocenters. The van der Waals surface area contributed by atoms with Crippen molar-refractivity contribution >= 4 is 23.4 Å². The number of hydrogen-bond acceptors (Lipinski definition) is 3. The normalized spacial score (nSPS) is 10.8. The molecular formula is C17H18ClNO4. The van der Waals surface area contributed by atoms with Crippen LogP contribution in [0.3, 0.4) is 0 Å². The number of aliphatic carboxylic acids is 1. The number of halogens is 1. The lowest BCUT2D eigenvalue weighted by Crippen LogP contribution is -2.16. The molecule has 0 atom stereocenters. The lowest BCUT2D eigenvalue weighted by Gasteiger charge is -2.16. The minimum atomic E-state index is -0.990. The summed E-state index contributed by atoms with van der Waals surface area (Å²) in [5, 5.41) is 9.34. The molecule has 0 saturated heterocycles. The summed E-state index contributed by atoms with van der Waals surface area (Å²) in [5.74, 6) is -0.541. The second kappa shape index (κ2) is 6.87. The predicted molar refractivity (Wildman–Crippen MR) is 87.6 cm³/mol. The van der Waals surface area contributed by atoms with Crippen LogP contribution in [0.1, 0.15) is 41.6 Å². The summed E-state index contributed by atoms with van der Waals surface area (Å²) in [5.41, 5.74) is 1.31. The molecule has 1 N–H and O–H groups in total.